The van der Waals surface area contributed by atoms with Gasteiger partial charge in [-0.2, -0.15) is 0 Å². The Morgan fingerprint density at radius 2 is 2.30 bits per heavy atom. The number of nitrogen functional groups attached to an aromatic ring is 1. The van der Waals surface area contributed by atoms with E-state index in [2.05, 4.69) is 27.6 Å². The van der Waals surface area contributed by atoms with Crippen molar-refractivity contribution >= 4 is 11.6 Å². The fraction of sp³-hybridized carbons (Fsp3) is 0.692. The SMILES string of the molecule is CCOCc1nc(NN)cc(NC(C)C2CCOC2)n1. The molecule has 0 aliphatic carbocycles. The standard InChI is InChI=1S/C13H23N5O2/c1-3-19-8-13-16-11(6-12(17-13)18-14)15-9(2)10-4-5-20-7-10/h6,9-10H,3-5,7-8,14H2,1-2H3,(H2,15,16,17,18). The third-order valence-electron chi connectivity index (χ3n) is 3.40. The van der Waals surface area contributed by atoms with Crippen molar-refractivity contribution in [2.75, 3.05) is 30.6 Å². The van der Waals surface area contributed by atoms with Gasteiger partial charge in [0.05, 0.1) is 6.61 Å². The lowest BCUT2D eigenvalue weighted by atomic mass is 10.0. The molecule has 0 amide bonds. The van der Waals surface area contributed by atoms with Crippen LogP contribution in [0.5, 0.6) is 0 Å². The average molecular weight is 281 g/mol. The third-order valence-corrected chi connectivity index (χ3v) is 3.40. The molecule has 0 spiro atoms. The number of ether oxygens (including phenoxy) is 2. The van der Waals surface area contributed by atoms with E-state index in [1.54, 1.807) is 6.07 Å². The number of nitrogens with zero attached hydrogens (tertiary/aromatic N) is 2. The minimum atomic E-state index is 0.290. The van der Waals surface area contributed by atoms with Gasteiger partial charge >= 0.3 is 0 Å². The highest BCUT2D eigenvalue weighted by atomic mass is 16.5. The molecular weight excluding hydrogens is 258 g/mol. The van der Waals surface area contributed by atoms with E-state index in [9.17, 15) is 0 Å². The minimum Gasteiger partial charge on any atom is -0.381 e. The second-order valence-corrected chi connectivity index (χ2v) is 4.89. The molecule has 2 unspecified atom stereocenters. The summed E-state index contributed by atoms with van der Waals surface area (Å²) < 4.78 is 10.8. The Labute approximate surface area is 119 Å². The number of hydrogen-bond donors (Lipinski definition) is 3. The summed E-state index contributed by atoms with van der Waals surface area (Å²) in [6.07, 6.45) is 1.08. The predicted molar refractivity (Wildman–Crippen MR) is 77.2 cm³/mol. The number of aromatic nitrogens is 2. The fourth-order valence-corrected chi connectivity index (χ4v) is 2.20. The monoisotopic (exact) mass is 281 g/mol. The highest BCUT2D eigenvalue weighted by molar-refractivity contribution is 5.47. The van der Waals surface area contributed by atoms with Gasteiger partial charge in [0.15, 0.2) is 5.82 Å². The van der Waals surface area contributed by atoms with E-state index >= 15 is 0 Å². The van der Waals surface area contributed by atoms with Crippen LogP contribution in [0, 0.1) is 5.92 Å². The molecule has 0 aromatic carbocycles. The Kier molecular flexibility index (Phi) is 5.51. The predicted octanol–water partition coefficient (Wildman–Crippen LogP) is 1.14. The van der Waals surface area contributed by atoms with Crippen LogP contribution in [0.4, 0.5) is 11.6 Å². The maximum atomic E-state index is 5.44. The highest BCUT2D eigenvalue weighted by Gasteiger charge is 2.22. The van der Waals surface area contributed by atoms with Crippen LogP contribution in [0.25, 0.3) is 0 Å². The van der Waals surface area contributed by atoms with E-state index in [0.717, 1.165) is 25.5 Å². The van der Waals surface area contributed by atoms with E-state index in [1.165, 1.54) is 0 Å². The number of hydrogen-bond acceptors (Lipinski definition) is 7. The lowest BCUT2D eigenvalue weighted by molar-refractivity contribution is 0.128. The zero-order valence-corrected chi connectivity index (χ0v) is 12.1. The Morgan fingerprint density at radius 1 is 1.50 bits per heavy atom. The van der Waals surface area contributed by atoms with Gasteiger partial charge in [0.25, 0.3) is 0 Å². The Bertz CT molecular complexity index is 423. The van der Waals surface area contributed by atoms with Gasteiger partial charge in [-0.05, 0) is 20.3 Å². The summed E-state index contributed by atoms with van der Waals surface area (Å²) in [7, 11) is 0. The number of anilines is 2. The van der Waals surface area contributed by atoms with Gasteiger partial charge in [-0.15, -0.1) is 0 Å². The lowest BCUT2D eigenvalue weighted by Gasteiger charge is -2.20. The molecule has 0 bridgehead atoms. The summed E-state index contributed by atoms with van der Waals surface area (Å²) in [5.41, 5.74) is 2.56. The maximum absolute atomic E-state index is 5.44. The van der Waals surface area contributed by atoms with Gasteiger partial charge in [0.2, 0.25) is 0 Å². The molecule has 1 aromatic rings. The molecule has 7 heteroatoms. The van der Waals surface area contributed by atoms with E-state index < -0.39 is 0 Å². The summed E-state index contributed by atoms with van der Waals surface area (Å²) in [6.45, 7) is 6.72. The van der Waals surface area contributed by atoms with E-state index in [1.807, 2.05) is 6.92 Å². The van der Waals surface area contributed by atoms with Crippen molar-refractivity contribution in [2.24, 2.45) is 11.8 Å². The third kappa shape index (κ3) is 4.03. The molecule has 1 fully saturated rings. The van der Waals surface area contributed by atoms with Crippen molar-refractivity contribution in [3.63, 3.8) is 0 Å². The molecule has 4 N–H and O–H groups in total. The number of rotatable bonds is 7. The van der Waals surface area contributed by atoms with Crippen LogP contribution >= 0.6 is 0 Å². The summed E-state index contributed by atoms with van der Waals surface area (Å²) in [4.78, 5) is 8.70. The Morgan fingerprint density at radius 3 is 2.95 bits per heavy atom. The van der Waals surface area contributed by atoms with Crippen molar-refractivity contribution in [3.05, 3.63) is 11.9 Å². The molecule has 1 saturated heterocycles. The first-order chi connectivity index (χ1) is 9.72. The summed E-state index contributed by atoms with van der Waals surface area (Å²) in [5.74, 6) is 7.89. The smallest absolute Gasteiger partial charge is 0.158 e. The first-order valence-corrected chi connectivity index (χ1v) is 6.99. The largest absolute Gasteiger partial charge is 0.381 e. The van der Waals surface area contributed by atoms with Crippen molar-refractivity contribution < 1.29 is 9.47 Å². The molecule has 0 saturated carbocycles. The average Bonchev–Trinajstić information content (AvgIpc) is 2.99. The summed E-state index contributed by atoms with van der Waals surface area (Å²) >= 11 is 0. The van der Waals surface area contributed by atoms with Crippen LogP contribution in [0.15, 0.2) is 6.07 Å². The molecule has 2 heterocycles. The van der Waals surface area contributed by atoms with E-state index in [-0.39, 0.29) is 6.04 Å². The van der Waals surface area contributed by atoms with Gasteiger partial charge in [0.1, 0.15) is 18.2 Å². The number of hydrazine groups is 1. The Hall–Kier alpha value is -1.44. The Balaban J connectivity index is 2.04. The van der Waals surface area contributed by atoms with Crippen LogP contribution in [-0.4, -0.2) is 35.8 Å². The molecule has 1 aliphatic rings. The molecule has 20 heavy (non-hydrogen) atoms. The minimum absolute atomic E-state index is 0.290. The van der Waals surface area contributed by atoms with Gasteiger partial charge in [-0.3, -0.25) is 0 Å². The van der Waals surface area contributed by atoms with Crippen LogP contribution in [0.1, 0.15) is 26.1 Å². The highest BCUT2D eigenvalue weighted by Crippen LogP contribution is 2.20. The molecule has 112 valence electrons. The van der Waals surface area contributed by atoms with Crippen LogP contribution in [0.2, 0.25) is 0 Å². The normalized spacial score (nSPS) is 19.9. The molecule has 0 radical (unpaired) electrons. The summed E-state index contributed by atoms with van der Waals surface area (Å²) in [5, 5.41) is 3.39. The quantitative estimate of drug-likeness (QED) is 0.509. The molecule has 2 atom stereocenters. The molecule has 7 nitrogen and oxygen atoms in total. The lowest BCUT2D eigenvalue weighted by Crippen LogP contribution is -2.27. The van der Waals surface area contributed by atoms with Crippen molar-refractivity contribution in [1.82, 2.24) is 9.97 Å². The molecule has 1 aliphatic heterocycles. The van der Waals surface area contributed by atoms with E-state index in [0.29, 0.717) is 30.8 Å². The first kappa shape index (κ1) is 15.0. The maximum Gasteiger partial charge on any atom is 0.158 e. The van der Waals surface area contributed by atoms with Crippen molar-refractivity contribution in [3.8, 4) is 0 Å². The molecule has 1 aromatic heterocycles. The van der Waals surface area contributed by atoms with Gasteiger partial charge in [-0.1, -0.05) is 0 Å². The van der Waals surface area contributed by atoms with Crippen LogP contribution in [-0.2, 0) is 16.1 Å². The van der Waals surface area contributed by atoms with Crippen LogP contribution < -0.4 is 16.6 Å². The van der Waals surface area contributed by atoms with Crippen molar-refractivity contribution in [1.29, 1.82) is 0 Å². The van der Waals surface area contributed by atoms with Gasteiger partial charge in [0, 0.05) is 31.2 Å². The van der Waals surface area contributed by atoms with Crippen molar-refractivity contribution in [2.45, 2.75) is 32.9 Å². The zero-order chi connectivity index (χ0) is 14.4. The zero-order valence-electron chi connectivity index (χ0n) is 12.1. The first-order valence-electron chi connectivity index (χ1n) is 6.99. The fourth-order valence-electron chi connectivity index (χ4n) is 2.20. The topological polar surface area (TPSA) is 94.3 Å². The second kappa shape index (κ2) is 7.37. The molecular formula is C13H23N5O2. The van der Waals surface area contributed by atoms with Gasteiger partial charge < -0.3 is 20.2 Å². The van der Waals surface area contributed by atoms with E-state index in [4.69, 9.17) is 15.3 Å². The van der Waals surface area contributed by atoms with Gasteiger partial charge in [-0.25, -0.2) is 15.8 Å². The second-order valence-electron chi connectivity index (χ2n) is 4.89. The van der Waals surface area contributed by atoms with Crippen LogP contribution in [0.3, 0.4) is 0 Å². The molecule has 2 rings (SSSR count). The number of nitrogens with two attached hydrogens (primary N) is 1. The number of nitrogens with one attached hydrogen (secondary N) is 2. The summed E-state index contributed by atoms with van der Waals surface area (Å²) in [6, 6.07) is 2.08.